The Morgan fingerprint density at radius 2 is 1.85 bits per heavy atom. The molecule has 0 aromatic heterocycles. The molecule has 7 nitrogen and oxygen atoms in total. The average Bonchev–Trinajstić information content (AvgIpc) is 3.07. The third kappa shape index (κ3) is 5.19. The fourth-order valence-corrected chi connectivity index (χ4v) is 3.32. The van der Waals surface area contributed by atoms with E-state index in [1.807, 2.05) is 0 Å². The summed E-state index contributed by atoms with van der Waals surface area (Å²) in [4.78, 5) is 37.5. The van der Waals surface area contributed by atoms with Gasteiger partial charge in [-0.2, -0.15) is 0 Å². The lowest BCUT2D eigenvalue weighted by Crippen LogP contribution is -2.35. The molecule has 9 heteroatoms. The third-order valence-corrected chi connectivity index (χ3v) is 4.88. The SMILES string of the molecule is O=C(COc1ccc(Cl)cc1/C=C1/C(=O)NN(c2ccccc2)C1=O)Nc1cccc(F)c1. The number of halogens is 2. The molecule has 1 saturated heterocycles. The van der Waals surface area contributed by atoms with Crippen molar-refractivity contribution in [1.82, 2.24) is 5.43 Å². The highest BCUT2D eigenvalue weighted by atomic mass is 35.5. The van der Waals surface area contributed by atoms with Crippen LogP contribution in [0.5, 0.6) is 5.75 Å². The summed E-state index contributed by atoms with van der Waals surface area (Å²) in [5.41, 5.74) is 3.54. The molecule has 3 amide bonds. The van der Waals surface area contributed by atoms with Gasteiger partial charge in [-0.1, -0.05) is 35.9 Å². The molecule has 4 rings (SSSR count). The molecule has 0 aliphatic carbocycles. The minimum atomic E-state index is -0.585. The molecule has 0 unspecified atom stereocenters. The van der Waals surface area contributed by atoms with Crippen LogP contribution < -0.4 is 20.5 Å². The minimum absolute atomic E-state index is 0.116. The number of nitrogens with zero attached hydrogens (tertiary/aromatic N) is 1. The predicted octanol–water partition coefficient (Wildman–Crippen LogP) is 3.96. The van der Waals surface area contributed by atoms with E-state index >= 15 is 0 Å². The van der Waals surface area contributed by atoms with Crippen LogP contribution in [0.2, 0.25) is 5.02 Å². The number of amides is 3. The van der Waals surface area contributed by atoms with Crippen LogP contribution in [0.25, 0.3) is 6.08 Å². The summed E-state index contributed by atoms with van der Waals surface area (Å²) < 4.78 is 18.9. The van der Waals surface area contributed by atoms with Crippen LogP contribution in [0.1, 0.15) is 5.56 Å². The van der Waals surface area contributed by atoms with Crippen molar-refractivity contribution >= 4 is 46.8 Å². The van der Waals surface area contributed by atoms with Crippen molar-refractivity contribution < 1.29 is 23.5 Å². The lowest BCUT2D eigenvalue weighted by molar-refractivity contribution is -0.118. The standard InChI is InChI=1S/C24H17ClFN3O4/c25-16-9-10-21(33-14-22(30)27-18-6-4-5-17(26)13-18)15(11-16)12-20-23(31)28-29(24(20)32)19-7-2-1-3-8-19/h1-13H,14H2,(H,27,30)(H,28,31)/b20-12-. The highest BCUT2D eigenvalue weighted by Crippen LogP contribution is 2.28. The molecule has 0 saturated carbocycles. The molecule has 1 heterocycles. The zero-order valence-corrected chi connectivity index (χ0v) is 17.8. The zero-order valence-electron chi connectivity index (χ0n) is 17.0. The minimum Gasteiger partial charge on any atom is -0.483 e. The molecule has 2 N–H and O–H groups in total. The van der Waals surface area contributed by atoms with Gasteiger partial charge >= 0.3 is 0 Å². The maximum atomic E-state index is 13.3. The van der Waals surface area contributed by atoms with Crippen LogP contribution in [0, 0.1) is 5.82 Å². The van der Waals surface area contributed by atoms with Crippen LogP contribution in [0.15, 0.2) is 78.4 Å². The van der Waals surface area contributed by atoms with Gasteiger partial charge in [0.15, 0.2) is 6.61 Å². The number of para-hydroxylation sites is 1. The first kappa shape index (κ1) is 22.0. The van der Waals surface area contributed by atoms with E-state index in [1.54, 1.807) is 42.5 Å². The number of nitrogens with one attached hydrogen (secondary N) is 2. The van der Waals surface area contributed by atoms with E-state index in [1.165, 1.54) is 36.4 Å². The van der Waals surface area contributed by atoms with E-state index in [9.17, 15) is 18.8 Å². The first-order chi connectivity index (χ1) is 15.9. The van der Waals surface area contributed by atoms with Crippen LogP contribution in [-0.4, -0.2) is 24.3 Å². The van der Waals surface area contributed by atoms with Crippen molar-refractivity contribution in [2.45, 2.75) is 0 Å². The van der Waals surface area contributed by atoms with Gasteiger partial charge in [0.1, 0.15) is 17.1 Å². The molecule has 1 aliphatic rings. The smallest absolute Gasteiger partial charge is 0.282 e. The van der Waals surface area contributed by atoms with Gasteiger partial charge in [-0.15, -0.1) is 0 Å². The molecular weight excluding hydrogens is 449 g/mol. The zero-order chi connectivity index (χ0) is 23.4. The van der Waals surface area contributed by atoms with Gasteiger partial charge in [-0.05, 0) is 54.6 Å². The van der Waals surface area contributed by atoms with Crippen LogP contribution in [0.4, 0.5) is 15.8 Å². The second kappa shape index (κ2) is 9.54. The summed E-state index contributed by atoms with van der Waals surface area (Å²) in [7, 11) is 0. The maximum Gasteiger partial charge on any atom is 0.282 e. The second-order valence-corrected chi connectivity index (χ2v) is 7.44. The predicted molar refractivity (Wildman–Crippen MR) is 122 cm³/mol. The van der Waals surface area contributed by atoms with Crippen molar-refractivity contribution in [2.24, 2.45) is 0 Å². The Hall–Kier alpha value is -4.17. The molecular formula is C24H17ClFN3O4. The number of hydrogen-bond acceptors (Lipinski definition) is 4. The molecule has 3 aromatic rings. The Labute approximate surface area is 193 Å². The first-order valence-corrected chi connectivity index (χ1v) is 10.2. The summed E-state index contributed by atoms with van der Waals surface area (Å²) in [6.07, 6.45) is 1.35. The van der Waals surface area contributed by atoms with E-state index in [4.69, 9.17) is 16.3 Å². The number of carbonyl (C=O) groups excluding carboxylic acids is 3. The quantitative estimate of drug-likeness (QED) is 0.426. The van der Waals surface area contributed by atoms with E-state index in [0.29, 0.717) is 16.3 Å². The van der Waals surface area contributed by atoms with Gasteiger partial charge in [0, 0.05) is 16.3 Å². The highest BCUT2D eigenvalue weighted by molar-refractivity contribution is 6.32. The van der Waals surface area contributed by atoms with Crippen molar-refractivity contribution in [2.75, 3.05) is 16.9 Å². The van der Waals surface area contributed by atoms with Crippen LogP contribution in [0.3, 0.4) is 0 Å². The Kier molecular flexibility index (Phi) is 6.37. The number of rotatable bonds is 6. The Morgan fingerprint density at radius 1 is 1.06 bits per heavy atom. The molecule has 33 heavy (non-hydrogen) atoms. The average molecular weight is 466 g/mol. The first-order valence-electron chi connectivity index (χ1n) is 9.80. The Bertz CT molecular complexity index is 1260. The lowest BCUT2D eigenvalue weighted by atomic mass is 10.1. The number of hydrogen-bond donors (Lipinski definition) is 2. The van der Waals surface area contributed by atoms with Crippen molar-refractivity contribution in [3.05, 3.63) is 94.8 Å². The summed E-state index contributed by atoms with van der Waals surface area (Å²) in [6.45, 7) is -0.384. The van der Waals surface area contributed by atoms with Gasteiger partial charge in [0.05, 0.1) is 5.69 Å². The van der Waals surface area contributed by atoms with Crippen molar-refractivity contribution in [3.63, 3.8) is 0 Å². The summed E-state index contributed by atoms with van der Waals surface area (Å²) in [5, 5.41) is 4.02. The van der Waals surface area contributed by atoms with E-state index in [2.05, 4.69) is 10.7 Å². The number of anilines is 2. The molecule has 0 bridgehead atoms. The monoisotopic (exact) mass is 465 g/mol. The molecule has 3 aromatic carbocycles. The van der Waals surface area contributed by atoms with E-state index in [0.717, 1.165) is 5.01 Å². The third-order valence-electron chi connectivity index (χ3n) is 4.64. The van der Waals surface area contributed by atoms with Crippen molar-refractivity contribution in [3.8, 4) is 5.75 Å². The maximum absolute atomic E-state index is 13.3. The van der Waals surface area contributed by atoms with Crippen LogP contribution in [-0.2, 0) is 14.4 Å². The molecule has 0 spiro atoms. The van der Waals surface area contributed by atoms with E-state index < -0.39 is 23.5 Å². The normalized spacial score (nSPS) is 14.4. The fourth-order valence-electron chi connectivity index (χ4n) is 3.14. The van der Waals surface area contributed by atoms with Crippen molar-refractivity contribution in [1.29, 1.82) is 0 Å². The highest BCUT2D eigenvalue weighted by Gasteiger charge is 2.34. The topological polar surface area (TPSA) is 87.7 Å². The molecule has 0 atom stereocenters. The second-order valence-electron chi connectivity index (χ2n) is 7.00. The Balaban J connectivity index is 1.52. The number of carbonyl (C=O) groups is 3. The summed E-state index contributed by atoms with van der Waals surface area (Å²) >= 11 is 6.09. The van der Waals surface area contributed by atoms with Crippen LogP contribution >= 0.6 is 11.6 Å². The van der Waals surface area contributed by atoms with Gasteiger partial charge < -0.3 is 10.1 Å². The van der Waals surface area contributed by atoms with Gasteiger partial charge in [-0.25, -0.2) is 9.40 Å². The van der Waals surface area contributed by atoms with E-state index in [-0.39, 0.29) is 23.6 Å². The lowest BCUT2D eigenvalue weighted by Gasteiger charge is -2.14. The number of hydrazine groups is 1. The largest absolute Gasteiger partial charge is 0.483 e. The number of ether oxygens (including phenoxy) is 1. The summed E-state index contributed by atoms with van der Waals surface area (Å²) in [5.74, 6) is -1.89. The molecule has 166 valence electrons. The molecule has 1 aliphatic heterocycles. The van der Waals surface area contributed by atoms with Gasteiger partial charge in [0.25, 0.3) is 17.7 Å². The fraction of sp³-hybridized carbons (Fsp3) is 0.0417. The Morgan fingerprint density at radius 3 is 2.61 bits per heavy atom. The van der Waals surface area contributed by atoms with Gasteiger partial charge in [0.2, 0.25) is 0 Å². The molecule has 1 fully saturated rings. The summed E-state index contributed by atoms with van der Waals surface area (Å²) in [6, 6.07) is 18.7. The molecule has 0 radical (unpaired) electrons. The van der Waals surface area contributed by atoms with Gasteiger partial charge in [-0.3, -0.25) is 19.8 Å². The number of benzene rings is 3.